The number of aliphatic hydroxyl groups is 3. The van der Waals surface area contributed by atoms with Gasteiger partial charge in [-0.25, -0.2) is 9.78 Å². The monoisotopic (exact) mass is 468 g/mol. The van der Waals surface area contributed by atoms with Crippen LogP contribution in [-0.4, -0.2) is 71.5 Å². The molecule has 10 heteroatoms. The normalized spacial score (nSPS) is 41.8. The van der Waals surface area contributed by atoms with Gasteiger partial charge < -0.3 is 34.5 Å². The van der Waals surface area contributed by atoms with E-state index in [1.165, 1.54) is 38.4 Å². The van der Waals surface area contributed by atoms with Crippen LogP contribution in [0.3, 0.4) is 0 Å². The molecule has 2 fully saturated rings. The fraction of sp³-hybridized carbons (Fsp3) is 0.727. The van der Waals surface area contributed by atoms with Gasteiger partial charge in [-0.2, -0.15) is 0 Å². The fourth-order valence-electron chi connectivity index (χ4n) is 5.13. The summed E-state index contributed by atoms with van der Waals surface area (Å²) in [5.74, 6) is -0.600. The molecule has 0 aromatic carbocycles. The van der Waals surface area contributed by atoms with Crippen molar-refractivity contribution in [2.24, 2.45) is 0 Å². The molecule has 2 aliphatic rings. The zero-order valence-corrected chi connectivity index (χ0v) is 20.1. The average Bonchev–Trinajstić information content (AvgIpc) is 3.39. The van der Waals surface area contributed by atoms with Crippen molar-refractivity contribution in [2.75, 3.05) is 6.61 Å². The molecule has 0 bridgehead atoms. The molecule has 0 amide bonds. The van der Waals surface area contributed by atoms with Crippen molar-refractivity contribution < 1.29 is 34.3 Å². The predicted molar refractivity (Wildman–Crippen MR) is 118 cm³/mol. The fourth-order valence-corrected chi connectivity index (χ4v) is 5.94. The van der Waals surface area contributed by atoms with Crippen molar-refractivity contribution in [3.05, 3.63) is 11.7 Å². The summed E-state index contributed by atoms with van der Waals surface area (Å²) in [4.78, 5) is 20.6. The smallest absolute Gasteiger partial charge is 0.344 e. The summed E-state index contributed by atoms with van der Waals surface area (Å²) in [6, 6.07) is 0. The van der Waals surface area contributed by atoms with Crippen LogP contribution < -0.4 is 4.74 Å². The summed E-state index contributed by atoms with van der Waals surface area (Å²) in [5.41, 5.74) is -8.44. The van der Waals surface area contributed by atoms with E-state index < -0.39 is 39.6 Å². The zero-order valence-electron chi connectivity index (χ0n) is 19.3. The van der Waals surface area contributed by atoms with E-state index in [0.717, 1.165) is 5.52 Å². The molecular formula is C22H32N2O7S. The number of hydrogen-bond acceptors (Lipinski definition) is 9. The molecule has 0 saturated carbocycles. The Morgan fingerprint density at radius 1 is 1.16 bits per heavy atom. The minimum absolute atomic E-state index is 0.0728. The summed E-state index contributed by atoms with van der Waals surface area (Å²) < 4.78 is 18.0. The van der Waals surface area contributed by atoms with E-state index in [4.69, 9.17) is 14.2 Å². The van der Waals surface area contributed by atoms with Crippen LogP contribution in [0.5, 0.6) is 5.06 Å². The molecule has 9 nitrogen and oxygen atoms in total. The molecule has 2 aromatic heterocycles. The molecular weight excluding hydrogens is 436 g/mol. The molecule has 5 atom stereocenters. The molecule has 4 rings (SSSR count). The van der Waals surface area contributed by atoms with Crippen molar-refractivity contribution in [1.29, 1.82) is 0 Å². The maximum atomic E-state index is 13.4. The third kappa shape index (κ3) is 3.00. The molecule has 3 unspecified atom stereocenters. The molecule has 178 valence electrons. The second-order valence-corrected chi connectivity index (χ2v) is 11.1. The molecule has 2 aliphatic heterocycles. The largest absolute Gasteiger partial charge is 0.411 e. The minimum atomic E-state index is -1.96. The van der Waals surface area contributed by atoms with E-state index in [2.05, 4.69) is 9.97 Å². The van der Waals surface area contributed by atoms with Crippen LogP contribution in [0, 0.1) is 0 Å². The molecule has 0 aliphatic carbocycles. The lowest BCUT2D eigenvalue weighted by atomic mass is 9.57. The molecule has 2 aromatic rings. The summed E-state index contributed by atoms with van der Waals surface area (Å²) in [6.45, 7) is 9.51. The number of thiophene rings is 1. The molecule has 0 radical (unpaired) electrons. The number of carbonyl (C=O) groups is 1. The highest BCUT2D eigenvalue weighted by Gasteiger charge is 2.74. The Hall–Kier alpha value is -1.56. The number of ether oxygens (including phenoxy) is 3. The molecule has 2 saturated heterocycles. The van der Waals surface area contributed by atoms with Gasteiger partial charge >= 0.3 is 5.97 Å². The minimum Gasteiger partial charge on any atom is -0.411 e. The number of carbonyl (C=O) groups excluding carboxylic acids is 1. The summed E-state index contributed by atoms with van der Waals surface area (Å²) in [5, 5.41) is 36.2. The van der Waals surface area contributed by atoms with Gasteiger partial charge in [0, 0.05) is 18.4 Å². The maximum Gasteiger partial charge on any atom is 0.344 e. The van der Waals surface area contributed by atoms with E-state index in [0.29, 0.717) is 30.0 Å². The molecule has 0 spiro atoms. The Morgan fingerprint density at radius 3 is 2.47 bits per heavy atom. The third-order valence-electron chi connectivity index (χ3n) is 8.01. The number of hydrogen-bond donors (Lipinski definition) is 4. The van der Waals surface area contributed by atoms with Crippen molar-refractivity contribution in [3.8, 4) is 5.06 Å². The van der Waals surface area contributed by atoms with E-state index in [1.54, 1.807) is 20.8 Å². The first kappa shape index (κ1) is 23.6. The lowest BCUT2D eigenvalue weighted by molar-refractivity contribution is -0.399. The van der Waals surface area contributed by atoms with Crippen LogP contribution in [0.4, 0.5) is 0 Å². The van der Waals surface area contributed by atoms with Gasteiger partial charge in [-0.15, -0.1) is 11.3 Å². The van der Waals surface area contributed by atoms with Gasteiger partial charge in [-0.05, 0) is 54.4 Å². The lowest BCUT2D eigenvalue weighted by Gasteiger charge is -2.66. The van der Waals surface area contributed by atoms with E-state index >= 15 is 0 Å². The van der Waals surface area contributed by atoms with Crippen LogP contribution >= 0.6 is 11.3 Å². The standard InChI is InChI=1S/C22H32N2O7S/c1-17(2)19(4,26)21(6,28)20(5,27)18(3,31-17)11-22(8-7-9-29-22)16(25)30-15-14-13(10-32-15)23-12-24-14/h10,12,26-28H,7-9,11H2,1-6H3,(H,23,24)/t18?,19-,20?,21?,22-/m1/s1. The third-order valence-corrected chi connectivity index (χ3v) is 8.85. The topological polar surface area (TPSA) is 134 Å². The number of aromatic amines is 1. The van der Waals surface area contributed by atoms with Crippen LogP contribution in [-0.2, 0) is 14.3 Å². The summed E-state index contributed by atoms with van der Waals surface area (Å²) in [6.07, 6.45) is 2.46. The lowest BCUT2D eigenvalue weighted by Crippen LogP contribution is -2.83. The van der Waals surface area contributed by atoms with Gasteiger partial charge in [0.2, 0.25) is 5.06 Å². The second kappa shape index (κ2) is 6.97. The number of esters is 1. The molecule has 32 heavy (non-hydrogen) atoms. The highest BCUT2D eigenvalue weighted by atomic mass is 32.1. The van der Waals surface area contributed by atoms with Crippen LogP contribution in [0.1, 0.15) is 60.8 Å². The Balaban J connectivity index is 1.70. The molecule has 4 heterocycles. The molecule has 4 N–H and O–H groups in total. The van der Waals surface area contributed by atoms with Gasteiger partial charge in [-0.1, -0.05) is 0 Å². The van der Waals surface area contributed by atoms with Crippen LogP contribution in [0.15, 0.2) is 11.7 Å². The number of aromatic nitrogens is 2. The summed E-state index contributed by atoms with van der Waals surface area (Å²) >= 11 is 1.25. The van der Waals surface area contributed by atoms with Gasteiger partial charge in [0.05, 0.1) is 17.4 Å². The quantitative estimate of drug-likeness (QED) is 0.502. The maximum absolute atomic E-state index is 13.4. The first-order valence-corrected chi connectivity index (χ1v) is 11.6. The summed E-state index contributed by atoms with van der Waals surface area (Å²) in [7, 11) is 0. The number of nitrogens with one attached hydrogen (secondary N) is 1. The van der Waals surface area contributed by atoms with Crippen LogP contribution in [0.2, 0.25) is 0 Å². The average molecular weight is 469 g/mol. The van der Waals surface area contributed by atoms with Crippen molar-refractivity contribution >= 4 is 28.3 Å². The van der Waals surface area contributed by atoms with Crippen molar-refractivity contribution in [3.63, 3.8) is 0 Å². The number of H-pyrrole nitrogens is 1. The van der Waals surface area contributed by atoms with E-state index in [9.17, 15) is 20.1 Å². The first-order valence-electron chi connectivity index (χ1n) is 10.7. The number of imidazole rings is 1. The van der Waals surface area contributed by atoms with E-state index in [1.807, 2.05) is 5.38 Å². The highest BCUT2D eigenvalue weighted by molar-refractivity contribution is 7.13. The van der Waals surface area contributed by atoms with Crippen molar-refractivity contribution in [2.45, 2.75) is 94.4 Å². The first-order chi connectivity index (χ1) is 14.6. The Kier molecular flexibility index (Phi) is 5.14. The van der Waals surface area contributed by atoms with Crippen molar-refractivity contribution in [1.82, 2.24) is 9.97 Å². The van der Waals surface area contributed by atoms with E-state index in [-0.39, 0.29) is 6.42 Å². The Labute approximate surface area is 190 Å². The van der Waals surface area contributed by atoms with Gasteiger partial charge in [-0.3, -0.25) is 0 Å². The Bertz CT molecular complexity index is 1030. The number of nitrogens with zero attached hydrogens (tertiary/aromatic N) is 1. The van der Waals surface area contributed by atoms with Gasteiger partial charge in [0.25, 0.3) is 0 Å². The van der Waals surface area contributed by atoms with Gasteiger partial charge in [0.15, 0.2) is 5.60 Å². The second-order valence-electron chi connectivity index (χ2n) is 10.3. The highest BCUT2D eigenvalue weighted by Crippen LogP contribution is 2.56. The van der Waals surface area contributed by atoms with Crippen LogP contribution in [0.25, 0.3) is 11.0 Å². The number of fused-ring (bicyclic) bond motifs is 1. The Morgan fingerprint density at radius 2 is 1.84 bits per heavy atom. The predicted octanol–water partition coefficient (Wildman–Crippen LogP) is 2.29. The zero-order chi connectivity index (χ0) is 23.8. The van der Waals surface area contributed by atoms with Gasteiger partial charge in [0.1, 0.15) is 27.9 Å². The SMILES string of the molecule is CC1(C[C@@]2(C(=O)Oc3scc4[nH]cnc34)CCCO2)OC(C)(C)[C@@](C)(O)C(C)(O)C1(C)O. The number of rotatable bonds is 4.